The van der Waals surface area contributed by atoms with Gasteiger partial charge < -0.3 is 4.90 Å². The van der Waals surface area contributed by atoms with E-state index in [1.54, 1.807) is 6.92 Å². The van der Waals surface area contributed by atoms with Gasteiger partial charge in [-0.2, -0.15) is 8.42 Å². The molecular formula is C7H19NO3S. The molecule has 0 aliphatic carbocycles. The van der Waals surface area contributed by atoms with Crippen molar-refractivity contribution in [1.82, 2.24) is 4.90 Å². The van der Waals surface area contributed by atoms with Crippen LogP contribution in [0.2, 0.25) is 0 Å². The molecule has 0 radical (unpaired) electrons. The lowest BCUT2D eigenvalue weighted by molar-refractivity contribution is 0.434. The second kappa shape index (κ2) is 7.52. The van der Waals surface area contributed by atoms with Crippen LogP contribution in [-0.2, 0) is 10.1 Å². The van der Waals surface area contributed by atoms with Crippen molar-refractivity contribution >= 4 is 10.1 Å². The van der Waals surface area contributed by atoms with Crippen molar-refractivity contribution in [3.8, 4) is 0 Å². The van der Waals surface area contributed by atoms with Gasteiger partial charge in [-0.1, -0.05) is 13.8 Å². The first-order chi connectivity index (χ1) is 5.33. The van der Waals surface area contributed by atoms with Crippen LogP contribution in [0.15, 0.2) is 0 Å². The summed E-state index contributed by atoms with van der Waals surface area (Å²) in [6.07, 6.45) is 0.471. The molecule has 0 fully saturated rings. The lowest BCUT2D eigenvalue weighted by Crippen LogP contribution is -2.08. The van der Waals surface area contributed by atoms with E-state index in [2.05, 4.69) is 25.9 Å². The van der Waals surface area contributed by atoms with Gasteiger partial charge >= 0.3 is 0 Å². The van der Waals surface area contributed by atoms with E-state index >= 15 is 0 Å². The monoisotopic (exact) mass is 197 g/mol. The van der Waals surface area contributed by atoms with Gasteiger partial charge in [-0.15, -0.1) is 0 Å². The number of hydrogen-bond donors (Lipinski definition) is 1. The normalized spacial score (nSPS) is 10.8. The fourth-order valence-corrected chi connectivity index (χ4v) is 0.774. The van der Waals surface area contributed by atoms with Crippen LogP contribution < -0.4 is 0 Å². The van der Waals surface area contributed by atoms with Crippen LogP contribution in [0.1, 0.15) is 20.3 Å². The summed E-state index contributed by atoms with van der Waals surface area (Å²) >= 11 is 0. The average molecular weight is 197 g/mol. The Morgan fingerprint density at radius 2 is 1.58 bits per heavy atom. The fraction of sp³-hybridized carbons (Fsp3) is 1.00. The fourth-order valence-electron chi connectivity index (χ4n) is 0.258. The summed E-state index contributed by atoms with van der Waals surface area (Å²) < 4.78 is 27.6. The molecule has 0 aromatic rings. The summed E-state index contributed by atoms with van der Waals surface area (Å²) in [5.41, 5.74) is 0. The van der Waals surface area contributed by atoms with Gasteiger partial charge in [0.05, 0.1) is 5.75 Å². The molecule has 0 aliphatic rings. The van der Waals surface area contributed by atoms with Crippen molar-refractivity contribution in [2.75, 3.05) is 26.4 Å². The predicted octanol–water partition coefficient (Wildman–Crippen LogP) is 0.852. The Bertz CT molecular complexity index is 175. The van der Waals surface area contributed by atoms with Crippen molar-refractivity contribution in [3.05, 3.63) is 0 Å². The molecule has 0 aromatic heterocycles. The van der Waals surface area contributed by atoms with Crippen molar-refractivity contribution < 1.29 is 13.0 Å². The van der Waals surface area contributed by atoms with E-state index < -0.39 is 10.1 Å². The van der Waals surface area contributed by atoms with Crippen molar-refractivity contribution in [1.29, 1.82) is 0 Å². The van der Waals surface area contributed by atoms with Gasteiger partial charge in [0, 0.05) is 0 Å². The van der Waals surface area contributed by atoms with Gasteiger partial charge in [0.2, 0.25) is 0 Å². The molecule has 4 nitrogen and oxygen atoms in total. The number of nitrogens with zero attached hydrogens (tertiary/aromatic N) is 1. The maximum atomic E-state index is 9.79. The van der Waals surface area contributed by atoms with Gasteiger partial charge in [-0.3, -0.25) is 4.55 Å². The second-order valence-electron chi connectivity index (χ2n) is 2.68. The topological polar surface area (TPSA) is 57.6 Å². The molecule has 12 heavy (non-hydrogen) atoms. The highest BCUT2D eigenvalue weighted by Crippen LogP contribution is 1.83. The highest BCUT2D eigenvalue weighted by atomic mass is 32.2. The molecule has 0 amide bonds. The van der Waals surface area contributed by atoms with Crippen LogP contribution in [0.4, 0.5) is 0 Å². The molecule has 0 aromatic carbocycles. The quantitative estimate of drug-likeness (QED) is 0.681. The Kier molecular flexibility index (Phi) is 9.02. The molecule has 76 valence electrons. The zero-order valence-corrected chi connectivity index (χ0v) is 9.06. The summed E-state index contributed by atoms with van der Waals surface area (Å²) in [7, 11) is 0.437. The third-order valence-electron chi connectivity index (χ3n) is 1.09. The van der Waals surface area contributed by atoms with Gasteiger partial charge in [-0.05, 0) is 27.1 Å². The van der Waals surface area contributed by atoms with Crippen LogP contribution in [0.25, 0.3) is 0 Å². The van der Waals surface area contributed by atoms with E-state index in [9.17, 15) is 8.42 Å². The smallest absolute Gasteiger partial charge is 0.264 e. The molecule has 0 saturated heterocycles. The highest BCUT2D eigenvalue weighted by molar-refractivity contribution is 7.85. The zero-order chi connectivity index (χ0) is 10.2. The molecule has 0 atom stereocenters. The summed E-state index contributed by atoms with van der Waals surface area (Å²) in [6, 6.07) is 0. The summed E-state index contributed by atoms with van der Waals surface area (Å²) in [6.45, 7) is 4.95. The first-order valence-corrected chi connectivity index (χ1v) is 5.54. The first-order valence-electron chi connectivity index (χ1n) is 3.93. The van der Waals surface area contributed by atoms with Crippen LogP contribution in [0, 0.1) is 0 Å². The van der Waals surface area contributed by atoms with E-state index in [-0.39, 0.29) is 5.75 Å². The molecule has 0 rings (SSSR count). The lowest BCUT2D eigenvalue weighted by Gasteiger charge is -2.00. The summed E-state index contributed by atoms with van der Waals surface area (Å²) in [5.74, 6) is -0.132. The van der Waals surface area contributed by atoms with Crippen LogP contribution in [0.5, 0.6) is 0 Å². The number of hydrogen-bond acceptors (Lipinski definition) is 3. The van der Waals surface area contributed by atoms with Crippen LogP contribution >= 0.6 is 0 Å². The maximum absolute atomic E-state index is 9.79. The zero-order valence-electron chi connectivity index (χ0n) is 8.24. The van der Waals surface area contributed by atoms with E-state index in [1.807, 2.05) is 0 Å². The molecule has 0 bridgehead atoms. The van der Waals surface area contributed by atoms with E-state index in [0.29, 0.717) is 6.42 Å². The standard InChI is InChI=1S/C4H11N.C3H8O3S/c1-4-5(2)3;1-2-3-7(4,5)6/h4H2,1-3H3;2-3H2,1H3,(H,4,5,6). The molecule has 5 heteroatoms. The third-order valence-corrected chi connectivity index (χ3v) is 2.02. The third kappa shape index (κ3) is 22.5. The minimum absolute atomic E-state index is 0.132. The van der Waals surface area contributed by atoms with E-state index in [4.69, 9.17) is 4.55 Å². The van der Waals surface area contributed by atoms with Crippen molar-refractivity contribution in [3.63, 3.8) is 0 Å². The first kappa shape index (κ1) is 14.4. The molecule has 1 N–H and O–H groups in total. The SMILES string of the molecule is CCCS(=O)(=O)O.CCN(C)C. The molecule has 0 aliphatic heterocycles. The van der Waals surface area contributed by atoms with Gasteiger partial charge in [0.1, 0.15) is 0 Å². The minimum atomic E-state index is -3.67. The Hall–Kier alpha value is -0.130. The molecule has 0 saturated carbocycles. The summed E-state index contributed by atoms with van der Waals surface area (Å²) in [4.78, 5) is 2.12. The van der Waals surface area contributed by atoms with Gasteiger partial charge in [-0.25, -0.2) is 0 Å². The Morgan fingerprint density at radius 3 is 1.58 bits per heavy atom. The molecule has 0 heterocycles. The predicted molar refractivity (Wildman–Crippen MR) is 50.9 cm³/mol. The van der Waals surface area contributed by atoms with Gasteiger partial charge in [0.25, 0.3) is 10.1 Å². The Morgan fingerprint density at radius 1 is 1.25 bits per heavy atom. The Labute approximate surface area is 75.3 Å². The van der Waals surface area contributed by atoms with E-state index in [0.717, 1.165) is 6.54 Å². The molecule has 0 unspecified atom stereocenters. The van der Waals surface area contributed by atoms with Crippen molar-refractivity contribution in [2.24, 2.45) is 0 Å². The molecule has 0 spiro atoms. The highest BCUT2D eigenvalue weighted by Gasteiger charge is 1.98. The van der Waals surface area contributed by atoms with Gasteiger partial charge in [0.15, 0.2) is 0 Å². The second-order valence-corrected chi connectivity index (χ2v) is 4.25. The van der Waals surface area contributed by atoms with Crippen LogP contribution in [0.3, 0.4) is 0 Å². The lowest BCUT2D eigenvalue weighted by atomic mass is 10.6. The minimum Gasteiger partial charge on any atom is -0.310 e. The molecular weight excluding hydrogens is 178 g/mol. The maximum Gasteiger partial charge on any atom is 0.264 e. The van der Waals surface area contributed by atoms with E-state index in [1.165, 1.54) is 0 Å². The summed E-state index contributed by atoms with van der Waals surface area (Å²) in [5, 5.41) is 0. The number of rotatable bonds is 3. The van der Waals surface area contributed by atoms with Crippen LogP contribution in [-0.4, -0.2) is 44.3 Å². The Balaban J connectivity index is 0. The average Bonchev–Trinajstić information content (AvgIpc) is 1.86. The van der Waals surface area contributed by atoms with Crippen molar-refractivity contribution in [2.45, 2.75) is 20.3 Å². The largest absolute Gasteiger partial charge is 0.310 e.